The molecule has 0 saturated heterocycles. The van der Waals surface area contributed by atoms with Crippen molar-refractivity contribution in [3.05, 3.63) is 35.4 Å². The maximum atomic E-state index is 12.8. The molecule has 1 aliphatic rings. The van der Waals surface area contributed by atoms with Gasteiger partial charge in [0.15, 0.2) is 0 Å². The highest BCUT2D eigenvalue weighted by atomic mass is 32.2. The van der Waals surface area contributed by atoms with Gasteiger partial charge in [0.25, 0.3) is 0 Å². The van der Waals surface area contributed by atoms with E-state index in [1.807, 2.05) is 0 Å². The van der Waals surface area contributed by atoms with Gasteiger partial charge in [-0.2, -0.15) is 26.6 Å². The van der Waals surface area contributed by atoms with Crippen molar-refractivity contribution in [2.75, 3.05) is 27.4 Å². The first kappa shape index (κ1) is 22.2. The second kappa shape index (κ2) is 8.68. The number of hydrogen-bond donors (Lipinski definition) is 0. The first-order chi connectivity index (χ1) is 14.2. The molecule has 0 fully saturated rings. The van der Waals surface area contributed by atoms with Gasteiger partial charge in [0.2, 0.25) is 11.8 Å². The Kier molecular flexibility index (Phi) is 6.41. The molecule has 30 heavy (non-hydrogen) atoms. The zero-order valence-electron chi connectivity index (χ0n) is 16.3. The Bertz CT molecular complexity index is 1020. The molecule has 0 amide bonds. The predicted octanol–water partition coefficient (Wildman–Crippen LogP) is 3.50. The number of halogens is 3. The van der Waals surface area contributed by atoms with Crippen molar-refractivity contribution < 1.29 is 40.0 Å². The van der Waals surface area contributed by atoms with E-state index in [4.69, 9.17) is 14.2 Å². The van der Waals surface area contributed by atoms with Gasteiger partial charge in [0.1, 0.15) is 12.4 Å². The molecule has 0 unspecified atom stereocenters. The van der Waals surface area contributed by atoms with Crippen molar-refractivity contribution in [1.29, 1.82) is 0 Å². The zero-order chi connectivity index (χ0) is 21.9. The lowest BCUT2D eigenvalue weighted by Crippen LogP contribution is -2.28. The number of rotatable bonds is 8. The molecule has 1 aliphatic carbocycles. The van der Waals surface area contributed by atoms with Gasteiger partial charge in [0.05, 0.1) is 19.3 Å². The summed E-state index contributed by atoms with van der Waals surface area (Å²) < 4.78 is 81.8. The number of hydrogen-bond acceptors (Lipinski definition) is 7. The molecule has 0 bridgehead atoms. The van der Waals surface area contributed by atoms with E-state index in [9.17, 15) is 21.6 Å². The number of nitrogens with zero attached hydrogens (tertiary/aromatic N) is 1. The van der Waals surface area contributed by atoms with Gasteiger partial charge >= 0.3 is 15.6 Å². The number of aromatic nitrogens is 1. The molecule has 7 nitrogen and oxygen atoms in total. The smallest absolute Gasteiger partial charge is 0.491 e. The Labute approximate surface area is 171 Å². The van der Waals surface area contributed by atoms with Crippen LogP contribution in [0.1, 0.15) is 17.5 Å². The number of methoxy groups -OCH3 is 2. The molecule has 0 radical (unpaired) electrons. The van der Waals surface area contributed by atoms with Crippen LogP contribution in [-0.2, 0) is 27.7 Å². The van der Waals surface area contributed by atoms with E-state index in [1.54, 1.807) is 31.4 Å². The standard InChI is InChI=1S/C19H20F3NO6S/c1-26-10-11-28-15-9-4-3-6-14(15)16-12-7-5-8-13(12)17(23-18(16)27-2)29-30(24,25)19(20,21)22/h3-4,6,9H,5,7-8,10-11H2,1-2H3. The maximum Gasteiger partial charge on any atom is 0.534 e. The van der Waals surface area contributed by atoms with Crippen molar-refractivity contribution in [3.63, 3.8) is 0 Å². The third kappa shape index (κ3) is 4.31. The second-order valence-corrected chi connectivity index (χ2v) is 7.97. The normalized spacial score (nSPS) is 13.8. The molecule has 0 N–H and O–H groups in total. The molecule has 11 heteroatoms. The van der Waals surface area contributed by atoms with Crippen LogP contribution >= 0.6 is 0 Å². The van der Waals surface area contributed by atoms with E-state index in [1.165, 1.54) is 7.11 Å². The summed E-state index contributed by atoms with van der Waals surface area (Å²) in [5.41, 5.74) is -3.47. The van der Waals surface area contributed by atoms with Crippen molar-refractivity contribution in [1.82, 2.24) is 4.98 Å². The average Bonchev–Trinajstić information content (AvgIpc) is 3.17. The van der Waals surface area contributed by atoms with Crippen LogP contribution in [0.3, 0.4) is 0 Å². The van der Waals surface area contributed by atoms with Gasteiger partial charge in [-0.05, 0) is 30.9 Å². The fourth-order valence-corrected chi connectivity index (χ4v) is 3.72. The summed E-state index contributed by atoms with van der Waals surface area (Å²) >= 11 is 0. The highest BCUT2D eigenvalue weighted by molar-refractivity contribution is 7.87. The quantitative estimate of drug-likeness (QED) is 0.348. The number of benzene rings is 1. The van der Waals surface area contributed by atoms with Crippen LogP contribution in [0.15, 0.2) is 24.3 Å². The fraction of sp³-hybridized carbons (Fsp3) is 0.421. The number of ether oxygens (including phenoxy) is 3. The van der Waals surface area contributed by atoms with E-state index in [0.29, 0.717) is 53.9 Å². The van der Waals surface area contributed by atoms with Crippen molar-refractivity contribution in [3.8, 4) is 28.6 Å². The zero-order valence-corrected chi connectivity index (χ0v) is 17.1. The Hall–Kier alpha value is -2.53. The van der Waals surface area contributed by atoms with Crippen LogP contribution in [0.4, 0.5) is 13.2 Å². The van der Waals surface area contributed by atoms with Gasteiger partial charge in [-0.1, -0.05) is 18.2 Å². The molecule has 0 saturated carbocycles. The fourth-order valence-electron chi connectivity index (χ4n) is 3.28. The number of alkyl halides is 3. The summed E-state index contributed by atoms with van der Waals surface area (Å²) in [6.45, 7) is 0.653. The summed E-state index contributed by atoms with van der Waals surface area (Å²) in [5.74, 6) is -0.149. The first-order valence-corrected chi connectivity index (χ1v) is 10.4. The first-order valence-electron chi connectivity index (χ1n) is 9.01. The van der Waals surface area contributed by atoms with Crippen LogP contribution < -0.4 is 13.7 Å². The Morgan fingerprint density at radius 1 is 1.03 bits per heavy atom. The lowest BCUT2D eigenvalue weighted by molar-refractivity contribution is -0.0501. The van der Waals surface area contributed by atoms with Crippen molar-refractivity contribution in [2.24, 2.45) is 0 Å². The third-order valence-electron chi connectivity index (χ3n) is 4.56. The summed E-state index contributed by atoms with van der Waals surface area (Å²) in [5, 5.41) is 0. The Morgan fingerprint density at radius 2 is 1.73 bits per heavy atom. The number of fused-ring (bicyclic) bond motifs is 1. The SMILES string of the molecule is COCCOc1ccccc1-c1c(OC)nc(OS(=O)(=O)C(F)(F)F)c2c1CCC2. The Balaban J connectivity index is 2.12. The molecule has 1 aromatic carbocycles. The van der Waals surface area contributed by atoms with Crippen LogP contribution in [0.5, 0.6) is 17.5 Å². The summed E-state index contributed by atoms with van der Waals surface area (Å²) in [4.78, 5) is 3.97. The van der Waals surface area contributed by atoms with E-state index in [-0.39, 0.29) is 12.5 Å². The molecular formula is C19H20F3NO6S. The van der Waals surface area contributed by atoms with E-state index in [2.05, 4.69) is 9.17 Å². The molecular weight excluding hydrogens is 427 g/mol. The maximum absolute atomic E-state index is 12.8. The van der Waals surface area contributed by atoms with Crippen molar-refractivity contribution in [2.45, 2.75) is 24.8 Å². The Morgan fingerprint density at radius 3 is 2.40 bits per heavy atom. The highest BCUT2D eigenvalue weighted by Crippen LogP contribution is 2.45. The summed E-state index contributed by atoms with van der Waals surface area (Å²) in [6, 6.07) is 7.06. The minimum atomic E-state index is -5.85. The van der Waals surface area contributed by atoms with E-state index < -0.39 is 21.5 Å². The van der Waals surface area contributed by atoms with Gasteiger partial charge in [-0.15, -0.1) is 0 Å². The van der Waals surface area contributed by atoms with Gasteiger partial charge in [-0.3, -0.25) is 0 Å². The van der Waals surface area contributed by atoms with E-state index >= 15 is 0 Å². The van der Waals surface area contributed by atoms with Crippen LogP contribution in [0.25, 0.3) is 11.1 Å². The van der Waals surface area contributed by atoms with E-state index in [0.717, 1.165) is 0 Å². The molecule has 164 valence electrons. The predicted molar refractivity (Wildman–Crippen MR) is 101 cm³/mol. The third-order valence-corrected chi connectivity index (χ3v) is 5.51. The lowest BCUT2D eigenvalue weighted by Gasteiger charge is -2.19. The van der Waals surface area contributed by atoms with Gasteiger partial charge in [-0.25, -0.2) is 0 Å². The summed E-state index contributed by atoms with van der Waals surface area (Å²) in [7, 11) is -3.01. The molecule has 1 heterocycles. The van der Waals surface area contributed by atoms with Gasteiger partial charge < -0.3 is 18.4 Å². The lowest BCUT2D eigenvalue weighted by atomic mass is 9.97. The van der Waals surface area contributed by atoms with Gasteiger partial charge in [0, 0.05) is 18.2 Å². The average molecular weight is 447 g/mol. The molecule has 3 rings (SSSR count). The minimum Gasteiger partial charge on any atom is -0.491 e. The second-order valence-electron chi connectivity index (χ2n) is 6.43. The summed E-state index contributed by atoms with van der Waals surface area (Å²) in [6.07, 6.45) is 1.43. The molecule has 0 atom stereocenters. The van der Waals surface area contributed by atoms with Crippen molar-refractivity contribution >= 4 is 10.1 Å². The minimum absolute atomic E-state index is 0.0502. The number of pyridine rings is 1. The molecule has 0 spiro atoms. The molecule has 1 aromatic heterocycles. The van der Waals surface area contributed by atoms with Crippen LogP contribution in [0, 0.1) is 0 Å². The monoisotopic (exact) mass is 447 g/mol. The van der Waals surface area contributed by atoms with Crippen LogP contribution in [0.2, 0.25) is 0 Å². The van der Waals surface area contributed by atoms with Crippen LogP contribution in [-0.4, -0.2) is 46.3 Å². The largest absolute Gasteiger partial charge is 0.534 e. The number of para-hydroxylation sites is 1. The molecule has 0 aliphatic heterocycles. The highest BCUT2D eigenvalue weighted by Gasteiger charge is 2.49. The topological polar surface area (TPSA) is 83.9 Å². The molecule has 2 aromatic rings.